The Morgan fingerprint density at radius 3 is 2.68 bits per heavy atom. The van der Waals surface area contributed by atoms with Crippen molar-refractivity contribution in [1.29, 1.82) is 0 Å². The number of amides is 2. The molecule has 134 valence electrons. The highest BCUT2D eigenvalue weighted by Gasteiger charge is 2.40. The molecule has 9 heteroatoms. The molecule has 2 aliphatic heterocycles. The van der Waals surface area contributed by atoms with Crippen molar-refractivity contribution in [3.8, 4) is 0 Å². The van der Waals surface area contributed by atoms with Gasteiger partial charge in [-0.15, -0.1) is 0 Å². The zero-order valence-electron chi connectivity index (χ0n) is 13.2. The predicted octanol–water partition coefficient (Wildman–Crippen LogP) is 0.630. The number of carbonyl (C=O) groups excluding carboxylic acids is 2. The molecule has 2 fully saturated rings. The van der Waals surface area contributed by atoms with Crippen molar-refractivity contribution in [2.45, 2.75) is 12.5 Å². The van der Waals surface area contributed by atoms with Crippen LogP contribution in [0.1, 0.15) is 6.42 Å². The highest BCUT2D eigenvalue weighted by molar-refractivity contribution is 6.00. The number of morpholine rings is 1. The minimum atomic E-state index is -1.16. The number of benzene rings is 1. The van der Waals surface area contributed by atoms with Gasteiger partial charge in [0, 0.05) is 25.6 Å². The molecule has 2 saturated heterocycles. The molecule has 7 nitrogen and oxygen atoms in total. The predicted molar refractivity (Wildman–Crippen MR) is 80.8 cm³/mol. The molecule has 0 aliphatic carbocycles. The van der Waals surface area contributed by atoms with E-state index in [0.717, 1.165) is 17.0 Å². The topological polar surface area (TPSA) is 87.2 Å². The lowest BCUT2D eigenvalue weighted by Crippen LogP contribution is -2.50. The summed E-state index contributed by atoms with van der Waals surface area (Å²) < 4.78 is 32.0. The number of carboxylic acids is 1. The average Bonchev–Trinajstić information content (AvgIpc) is 2.96. The van der Waals surface area contributed by atoms with Crippen LogP contribution in [-0.2, 0) is 19.1 Å². The average molecular weight is 354 g/mol. The van der Waals surface area contributed by atoms with E-state index in [-0.39, 0.29) is 44.3 Å². The van der Waals surface area contributed by atoms with Gasteiger partial charge >= 0.3 is 5.97 Å². The summed E-state index contributed by atoms with van der Waals surface area (Å²) in [6.45, 7) is 0.205. The Morgan fingerprint density at radius 2 is 2.00 bits per heavy atom. The van der Waals surface area contributed by atoms with Crippen LogP contribution < -0.4 is 4.90 Å². The third-order valence-electron chi connectivity index (χ3n) is 4.33. The molecule has 3 rings (SSSR count). The van der Waals surface area contributed by atoms with Gasteiger partial charge in [-0.2, -0.15) is 0 Å². The Morgan fingerprint density at radius 1 is 1.24 bits per heavy atom. The summed E-state index contributed by atoms with van der Waals surface area (Å²) in [6.07, 6.45) is -1.20. The van der Waals surface area contributed by atoms with Gasteiger partial charge in [-0.1, -0.05) is 0 Å². The molecule has 0 saturated carbocycles. The van der Waals surface area contributed by atoms with Gasteiger partial charge < -0.3 is 19.6 Å². The number of carbonyl (C=O) groups is 3. The summed E-state index contributed by atoms with van der Waals surface area (Å²) in [5.41, 5.74) is -0.0768. The summed E-state index contributed by atoms with van der Waals surface area (Å²) >= 11 is 0. The van der Waals surface area contributed by atoms with Crippen LogP contribution in [0.2, 0.25) is 0 Å². The molecule has 0 unspecified atom stereocenters. The highest BCUT2D eigenvalue weighted by atomic mass is 19.1. The largest absolute Gasteiger partial charge is 0.479 e. The Bertz CT molecular complexity index is 726. The quantitative estimate of drug-likeness (QED) is 0.860. The number of anilines is 1. The molecule has 1 aromatic rings. The van der Waals surface area contributed by atoms with Crippen molar-refractivity contribution >= 4 is 23.5 Å². The van der Waals surface area contributed by atoms with E-state index in [1.807, 2.05) is 0 Å². The number of halogens is 2. The van der Waals surface area contributed by atoms with E-state index in [4.69, 9.17) is 9.84 Å². The Kier molecular flexibility index (Phi) is 4.67. The van der Waals surface area contributed by atoms with Gasteiger partial charge in [0.15, 0.2) is 6.10 Å². The molecule has 2 amide bonds. The monoisotopic (exact) mass is 354 g/mol. The molecule has 2 atom stereocenters. The lowest BCUT2D eigenvalue weighted by molar-refractivity contribution is -0.160. The Labute approximate surface area is 141 Å². The van der Waals surface area contributed by atoms with E-state index in [1.165, 1.54) is 4.90 Å². The van der Waals surface area contributed by atoms with Gasteiger partial charge in [0.25, 0.3) is 0 Å². The third kappa shape index (κ3) is 3.46. The van der Waals surface area contributed by atoms with Gasteiger partial charge in [0.1, 0.15) is 11.6 Å². The second kappa shape index (κ2) is 6.75. The van der Waals surface area contributed by atoms with Crippen molar-refractivity contribution in [1.82, 2.24) is 4.90 Å². The number of ether oxygens (including phenoxy) is 1. The fourth-order valence-corrected chi connectivity index (χ4v) is 3.06. The van der Waals surface area contributed by atoms with Crippen LogP contribution in [0.4, 0.5) is 14.5 Å². The normalized spacial score (nSPS) is 23.8. The molecule has 1 aromatic carbocycles. The van der Waals surface area contributed by atoms with Crippen LogP contribution in [0.25, 0.3) is 0 Å². The molecule has 2 heterocycles. The van der Waals surface area contributed by atoms with Gasteiger partial charge in [0.2, 0.25) is 11.8 Å². The van der Waals surface area contributed by atoms with Crippen LogP contribution >= 0.6 is 0 Å². The third-order valence-corrected chi connectivity index (χ3v) is 4.33. The first-order valence-electron chi connectivity index (χ1n) is 7.75. The summed E-state index contributed by atoms with van der Waals surface area (Å²) in [7, 11) is 0. The summed E-state index contributed by atoms with van der Waals surface area (Å²) in [6, 6.07) is 2.88. The number of aliphatic carboxylic acids is 1. The molecule has 0 aromatic heterocycles. The van der Waals surface area contributed by atoms with E-state index < -0.39 is 35.5 Å². The lowest BCUT2D eigenvalue weighted by Gasteiger charge is -2.32. The van der Waals surface area contributed by atoms with Crippen LogP contribution in [0.15, 0.2) is 18.2 Å². The minimum Gasteiger partial charge on any atom is -0.479 e. The summed E-state index contributed by atoms with van der Waals surface area (Å²) in [4.78, 5) is 38.2. The molecule has 0 bridgehead atoms. The number of hydrogen-bond acceptors (Lipinski definition) is 4. The molecule has 1 N–H and O–H groups in total. The maximum atomic E-state index is 13.9. The van der Waals surface area contributed by atoms with Crippen molar-refractivity contribution in [3.63, 3.8) is 0 Å². The number of rotatable bonds is 3. The van der Waals surface area contributed by atoms with Crippen molar-refractivity contribution in [3.05, 3.63) is 29.8 Å². The van der Waals surface area contributed by atoms with E-state index in [1.54, 1.807) is 0 Å². The second-order valence-corrected chi connectivity index (χ2v) is 5.98. The zero-order chi connectivity index (χ0) is 18.1. The van der Waals surface area contributed by atoms with Gasteiger partial charge in [-0.25, -0.2) is 13.6 Å². The first-order chi connectivity index (χ1) is 11.9. The van der Waals surface area contributed by atoms with E-state index in [0.29, 0.717) is 6.07 Å². The molecule has 0 radical (unpaired) electrons. The minimum absolute atomic E-state index is 0.0324. The molecule has 25 heavy (non-hydrogen) atoms. The van der Waals surface area contributed by atoms with Gasteiger partial charge in [-0.05, 0) is 12.1 Å². The van der Waals surface area contributed by atoms with Crippen LogP contribution in [0, 0.1) is 17.6 Å². The van der Waals surface area contributed by atoms with Gasteiger partial charge in [0.05, 0.1) is 24.8 Å². The Hall–Kier alpha value is -2.55. The highest BCUT2D eigenvalue weighted by Crippen LogP contribution is 2.29. The molecule has 2 aliphatic rings. The van der Waals surface area contributed by atoms with Crippen molar-refractivity contribution < 1.29 is 33.0 Å². The zero-order valence-corrected chi connectivity index (χ0v) is 13.2. The van der Waals surface area contributed by atoms with E-state index >= 15 is 0 Å². The standard InChI is InChI=1S/C16H16F2N2O5/c17-10-1-2-12(11(18)6-10)20-7-9(5-14(20)21)15(22)19-3-4-25-13(8-19)16(23)24/h1-2,6,9,13H,3-5,7-8H2,(H,23,24)/t9-,13-/m0/s1. The molecular weight excluding hydrogens is 338 g/mol. The van der Waals surface area contributed by atoms with E-state index in [9.17, 15) is 23.2 Å². The smallest absolute Gasteiger partial charge is 0.334 e. The SMILES string of the molecule is O=C(O)[C@@H]1CN(C(=O)[C@H]2CC(=O)N(c3ccc(F)cc3F)C2)CCO1. The van der Waals surface area contributed by atoms with Crippen LogP contribution in [-0.4, -0.2) is 60.1 Å². The number of nitrogens with zero attached hydrogens (tertiary/aromatic N) is 2. The first kappa shape index (κ1) is 17.3. The maximum absolute atomic E-state index is 13.9. The fraction of sp³-hybridized carbons (Fsp3) is 0.438. The maximum Gasteiger partial charge on any atom is 0.334 e. The number of hydrogen-bond donors (Lipinski definition) is 1. The summed E-state index contributed by atoms with van der Waals surface area (Å²) in [5.74, 6) is -4.30. The van der Waals surface area contributed by atoms with Crippen LogP contribution in [0.5, 0.6) is 0 Å². The van der Waals surface area contributed by atoms with Gasteiger partial charge in [-0.3, -0.25) is 9.59 Å². The van der Waals surface area contributed by atoms with Crippen molar-refractivity contribution in [2.24, 2.45) is 5.92 Å². The first-order valence-corrected chi connectivity index (χ1v) is 7.75. The van der Waals surface area contributed by atoms with E-state index in [2.05, 4.69) is 0 Å². The summed E-state index contributed by atoms with van der Waals surface area (Å²) in [5, 5.41) is 8.99. The second-order valence-electron chi connectivity index (χ2n) is 5.98. The Balaban J connectivity index is 1.71. The van der Waals surface area contributed by atoms with Crippen LogP contribution in [0.3, 0.4) is 0 Å². The van der Waals surface area contributed by atoms with Crippen molar-refractivity contribution in [2.75, 3.05) is 31.1 Å². The molecular formula is C16H16F2N2O5. The number of carboxylic acid groups (broad SMARTS) is 1. The fourth-order valence-electron chi connectivity index (χ4n) is 3.06. The molecule has 0 spiro atoms. The lowest BCUT2D eigenvalue weighted by atomic mass is 10.1.